The summed E-state index contributed by atoms with van der Waals surface area (Å²) in [6, 6.07) is 0. The summed E-state index contributed by atoms with van der Waals surface area (Å²) in [4.78, 5) is 0. The molecule has 1 unspecified atom stereocenters. The Balaban J connectivity index is 3.60. The molecule has 0 saturated carbocycles. The van der Waals surface area contributed by atoms with E-state index in [1.165, 1.54) is 0 Å². The highest BCUT2D eigenvalue weighted by atomic mass is 32.2. The molecule has 0 aromatic carbocycles. The van der Waals surface area contributed by atoms with Crippen LogP contribution in [0.15, 0.2) is 10.8 Å². The van der Waals surface area contributed by atoms with E-state index in [1.807, 2.05) is 13.8 Å². The summed E-state index contributed by atoms with van der Waals surface area (Å²) in [6.07, 6.45) is 0. The Morgan fingerprint density at radius 3 is 2.56 bits per heavy atom. The van der Waals surface area contributed by atoms with Crippen LogP contribution in [0.3, 0.4) is 0 Å². The number of hydrogen-bond acceptors (Lipinski definition) is 2. The second-order valence-corrected chi connectivity index (χ2v) is 4.82. The Bertz CT molecular complexity index is 120. The lowest BCUT2D eigenvalue weighted by atomic mass is 11.0. The van der Waals surface area contributed by atoms with E-state index in [-0.39, 0.29) is 0 Å². The Labute approximate surface area is 63.4 Å². The molecule has 0 aliphatic rings. The predicted molar refractivity (Wildman–Crippen MR) is 46.0 cm³/mol. The molecule has 0 aliphatic carbocycles. The van der Waals surface area contributed by atoms with Gasteiger partial charge in [0.2, 0.25) is 0 Å². The van der Waals surface area contributed by atoms with Crippen molar-refractivity contribution in [3.8, 4) is 0 Å². The van der Waals surface area contributed by atoms with Crippen molar-refractivity contribution in [3.05, 3.63) is 10.8 Å². The van der Waals surface area contributed by atoms with Gasteiger partial charge >= 0.3 is 0 Å². The van der Waals surface area contributed by atoms with Crippen molar-refractivity contribution in [3.63, 3.8) is 0 Å². The van der Waals surface area contributed by atoms with Crippen LogP contribution in [-0.4, -0.2) is 15.7 Å². The fourth-order valence-corrected chi connectivity index (χ4v) is 2.26. The quantitative estimate of drug-likeness (QED) is 0.632. The average Bonchev–Trinajstić information content (AvgIpc) is 1.87. The first kappa shape index (κ1) is 9.24. The third-order valence-corrected chi connectivity index (χ3v) is 3.38. The zero-order valence-electron chi connectivity index (χ0n) is 5.85. The van der Waals surface area contributed by atoms with Crippen LogP contribution in [0.25, 0.3) is 0 Å². The van der Waals surface area contributed by atoms with Crippen LogP contribution >= 0.6 is 11.8 Å². The second kappa shape index (κ2) is 5.06. The highest BCUT2D eigenvalue weighted by molar-refractivity contribution is 8.16. The van der Waals surface area contributed by atoms with E-state index in [4.69, 9.17) is 0 Å². The summed E-state index contributed by atoms with van der Waals surface area (Å²) in [5.74, 6) is 1.65. The summed E-state index contributed by atoms with van der Waals surface area (Å²) >= 11 is 1.57. The van der Waals surface area contributed by atoms with Crippen molar-refractivity contribution in [2.24, 2.45) is 0 Å². The van der Waals surface area contributed by atoms with Gasteiger partial charge in [-0.15, -0.1) is 11.8 Å². The van der Waals surface area contributed by atoms with Crippen molar-refractivity contribution in [2.45, 2.75) is 13.8 Å². The SMILES string of the molecule is C=C(SCC)S(=O)CC. The van der Waals surface area contributed by atoms with Crippen molar-refractivity contribution in [1.82, 2.24) is 0 Å². The highest BCUT2D eigenvalue weighted by Crippen LogP contribution is 2.15. The predicted octanol–water partition coefficient (Wildman–Crippen LogP) is 1.98. The fraction of sp³-hybridized carbons (Fsp3) is 0.667. The first-order valence-electron chi connectivity index (χ1n) is 2.92. The molecule has 0 rings (SSSR count). The van der Waals surface area contributed by atoms with Gasteiger partial charge in [0.25, 0.3) is 0 Å². The maximum absolute atomic E-state index is 10.9. The molecule has 0 fully saturated rings. The van der Waals surface area contributed by atoms with Gasteiger partial charge in [-0.3, -0.25) is 4.21 Å². The molecular formula is C6H12OS2. The van der Waals surface area contributed by atoms with E-state index < -0.39 is 10.8 Å². The highest BCUT2D eigenvalue weighted by Gasteiger charge is 1.99. The molecule has 1 atom stereocenters. The molecule has 0 aromatic rings. The topological polar surface area (TPSA) is 17.1 Å². The lowest BCUT2D eigenvalue weighted by Crippen LogP contribution is -1.92. The summed E-state index contributed by atoms with van der Waals surface area (Å²) in [5, 5.41) is 0. The zero-order valence-corrected chi connectivity index (χ0v) is 7.48. The smallest absolute Gasteiger partial charge is 0.0643 e. The second-order valence-electron chi connectivity index (χ2n) is 1.44. The molecule has 1 nitrogen and oxygen atoms in total. The van der Waals surface area contributed by atoms with Gasteiger partial charge in [-0.2, -0.15) is 0 Å². The van der Waals surface area contributed by atoms with Crippen LogP contribution in [0, 0.1) is 0 Å². The molecule has 0 heterocycles. The Hall–Kier alpha value is 0.240. The van der Waals surface area contributed by atoms with Crippen LogP contribution in [0.5, 0.6) is 0 Å². The monoisotopic (exact) mass is 164 g/mol. The molecule has 54 valence electrons. The van der Waals surface area contributed by atoms with Crippen LogP contribution in [0.1, 0.15) is 13.8 Å². The van der Waals surface area contributed by atoms with Gasteiger partial charge in [0.1, 0.15) is 0 Å². The molecule has 0 spiro atoms. The maximum atomic E-state index is 10.9. The van der Waals surface area contributed by atoms with E-state index in [0.717, 1.165) is 9.99 Å². The first-order chi connectivity index (χ1) is 4.22. The van der Waals surface area contributed by atoms with Gasteiger partial charge in [0, 0.05) is 5.75 Å². The van der Waals surface area contributed by atoms with Gasteiger partial charge in [0.05, 0.1) is 15.0 Å². The van der Waals surface area contributed by atoms with Crippen molar-refractivity contribution in [1.29, 1.82) is 0 Å². The minimum atomic E-state index is -0.803. The third-order valence-electron chi connectivity index (χ3n) is 0.821. The Morgan fingerprint density at radius 2 is 2.22 bits per heavy atom. The van der Waals surface area contributed by atoms with E-state index in [2.05, 4.69) is 6.58 Å². The molecule has 0 aromatic heterocycles. The van der Waals surface area contributed by atoms with Gasteiger partial charge in [-0.05, 0) is 5.75 Å². The lowest BCUT2D eigenvalue weighted by molar-refractivity contribution is 0.688. The van der Waals surface area contributed by atoms with Gasteiger partial charge in [-0.25, -0.2) is 0 Å². The van der Waals surface area contributed by atoms with E-state index in [9.17, 15) is 4.21 Å². The minimum Gasteiger partial charge on any atom is -0.254 e. The Kier molecular flexibility index (Phi) is 5.19. The van der Waals surface area contributed by atoms with E-state index in [1.54, 1.807) is 11.8 Å². The van der Waals surface area contributed by atoms with Crippen molar-refractivity contribution < 1.29 is 4.21 Å². The van der Waals surface area contributed by atoms with Gasteiger partial charge < -0.3 is 0 Å². The molecule has 0 N–H and O–H groups in total. The van der Waals surface area contributed by atoms with Crippen LogP contribution in [0.4, 0.5) is 0 Å². The molecule has 0 aliphatic heterocycles. The molecular weight excluding hydrogens is 152 g/mol. The molecule has 9 heavy (non-hydrogen) atoms. The third kappa shape index (κ3) is 3.76. The minimum absolute atomic E-state index is 0.686. The first-order valence-corrected chi connectivity index (χ1v) is 5.22. The number of thioether (sulfide) groups is 1. The summed E-state index contributed by atoms with van der Waals surface area (Å²) < 4.78 is 11.7. The van der Waals surface area contributed by atoms with E-state index in [0.29, 0.717) is 5.75 Å². The molecule has 0 saturated heterocycles. The van der Waals surface area contributed by atoms with Crippen LogP contribution < -0.4 is 0 Å². The molecule has 0 bridgehead atoms. The summed E-state index contributed by atoms with van der Waals surface area (Å²) in [6.45, 7) is 7.61. The normalized spacial score (nSPS) is 13.1. The number of rotatable bonds is 4. The molecule has 0 radical (unpaired) electrons. The fourth-order valence-electron chi connectivity index (χ4n) is 0.388. The summed E-state index contributed by atoms with van der Waals surface area (Å²) in [7, 11) is -0.803. The zero-order chi connectivity index (χ0) is 7.28. The average molecular weight is 164 g/mol. The molecule has 0 amide bonds. The van der Waals surface area contributed by atoms with Gasteiger partial charge in [0.15, 0.2) is 0 Å². The number of hydrogen-bond donors (Lipinski definition) is 0. The van der Waals surface area contributed by atoms with Gasteiger partial charge in [-0.1, -0.05) is 20.4 Å². The van der Waals surface area contributed by atoms with Crippen molar-refractivity contribution in [2.75, 3.05) is 11.5 Å². The standard InChI is InChI=1S/C6H12OS2/c1-4-8-6(3)9(7)5-2/h3-5H2,1-2H3. The van der Waals surface area contributed by atoms with E-state index >= 15 is 0 Å². The van der Waals surface area contributed by atoms with Crippen LogP contribution in [-0.2, 0) is 10.8 Å². The Morgan fingerprint density at radius 1 is 1.67 bits per heavy atom. The maximum Gasteiger partial charge on any atom is 0.0643 e. The summed E-state index contributed by atoms with van der Waals surface area (Å²) in [5.41, 5.74) is 0. The molecule has 3 heteroatoms. The largest absolute Gasteiger partial charge is 0.254 e. The lowest BCUT2D eigenvalue weighted by Gasteiger charge is -1.98. The van der Waals surface area contributed by atoms with Crippen molar-refractivity contribution >= 4 is 22.6 Å². The van der Waals surface area contributed by atoms with Crippen LogP contribution in [0.2, 0.25) is 0 Å².